The number of aliphatic imine (C=N–C) groups is 1. The Bertz CT molecular complexity index is 1310. The first-order chi connectivity index (χ1) is 19.4. The number of nitrogens with zero attached hydrogens (tertiary/aromatic N) is 2. The van der Waals surface area contributed by atoms with Gasteiger partial charge in [-0.25, -0.2) is 14.7 Å². The molecule has 0 bridgehead atoms. The molecule has 0 radical (unpaired) electrons. The lowest BCUT2D eigenvalue weighted by atomic mass is 10.1. The van der Waals surface area contributed by atoms with Crippen LogP contribution in [0.3, 0.4) is 0 Å². The molecule has 1 aromatic carbocycles. The lowest BCUT2D eigenvalue weighted by Gasteiger charge is -2.20. The molecule has 0 saturated heterocycles. The fourth-order valence-corrected chi connectivity index (χ4v) is 3.89. The second kappa shape index (κ2) is 13.9. The molecular weight excluding hydrogens is 530 g/mol. The molecule has 3 rings (SSSR count). The predicted molar refractivity (Wildman–Crippen MR) is 153 cm³/mol. The summed E-state index contributed by atoms with van der Waals surface area (Å²) in [7, 11) is 0. The number of amidine groups is 1. The van der Waals surface area contributed by atoms with E-state index in [9.17, 15) is 19.2 Å². The monoisotopic (exact) mass is 569 g/mol. The molecule has 1 aromatic heterocycles. The smallest absolute Gasteiger partial charge is 0.419 e. The number of hydrogen-bond acceptors (Lipinski definition) is 9. The third-order valence-electron chi connectivity index (χ3n) is 6.31. The maximum Gasteiger partial charge on any atom is 0.419 e. The highest BCUT2D eigenvalue weighted by atomic mass is 16.7. The minimum Gasteiger partial charge on any atom is -0.427 e. The van der Waals surface area contributed by atoms with E-state index in [-0.39, 0.29) is 17.5 Å². The molecule has 13 heteroatoms. The minimum absolute atomic E-state index is 0.191. The zero-order chi connectivity index (χ0) is 30.3. The van der Waals surface area contributed by atoms with E-state index in [4.69, 9.17) is 20.9 Å². The summed E-state index contributed by atoms with van der Waals surface area (Å²) in [5.41, 5.74) is 14.7. The van der Waals surface area contributed by atoms with E-state index >= 15 is 0 Å². The molecule has 1 fully saturated rings. The van der Waals surface area contributed by atoms with Crippen molar-refractivity contribution in [3.05, 3.63) is 52.3 Å². The van der Waals surface area contributed by atoms with Crippen LogP contribution in [0.1, 0.15) is 77.6 Å². The lowest BCUT2D eigenvalue weighted by molar-refractivity contribution is -0.153. The number of amides is 3. The molecule has 13 nitrogen and oxygen atoms in total. The van der Waals surface area contributed by atoms with Crippen molar-refractivity contribution in [1.29, 1.82) is 0 Å². The summed E-state index contributed by atoms with van der Waals surface area (Å²) in [6.45, 7) is 8.64. The van der Waals surface area contributed by atoms with Crippen molar-refractivity contribution in [3.8, 4) is 0 Å². The average Bonchev–Trinajstić information content (AvgIpc) is 3.67. The summed E-state index contributed by atoms with van der Waals surface area (Å²) in [5, 5.41) is 6.12. The van der Waals surface area contributed by atoms with E-state index in [2.05, 4.69) is 20.6 Å². The number of nitrogens with one attached hydrogen (secondary N) is 3. The zero-order valence-corrected chi connectivity index (χ0v) is 24.1. The summed E-state index contributed by atoms with van der Waals surface area (Å²) in [6.07, 6.45) is 2.07. The number of ether oxygens (including phenoxy) is 2. The van der Waals surface area contributed by atoms with Crippen LogP contribution in [0.15, 0.2) is 29.4 Å². The first-order valence-corrected chi connectivity index (χ1v) is 13.5. The van der Waals surface area contributed by atoms with E-state index in [0.29, 0.717) is 47.7 Å². The number of rotatable bonds is 11. The zero-order valence-electron chi connectivity index (χ0n) is 24.1. The Labute approximate surface area is 239 Å². The predicted octanol–water partition coefficient (Wildman–Crippen LogP) is 2.52. The Morgan fingerprint density at radius 1 is 1.15 bits per heavy atom. The summed E-state index contributed by atoms with van der Waals surface area (Å²) in [6, 6.07) is 4.10. The summed E-state index contributed by atoms with van der Waals surface area (Å²) < 4.78 is 9.84. The third kappa shape index (κ3) is 8.14. The van der Waals surface area contributed by atoms with Crippen molar-refractivity contribution in [1.82, 2.24) is 15.2 Å². The number of hydrogen-bond donors (Lipinski definition) is 5. The van der Waals surface area contributed by atoms with Crippen molar-refractivity contribution in [2.24, 2.45) is 16.5 Å². The highest BCUT2D eigenvalue weighted by Gasteiger charge is 2.40. The summed E-state index contributed by atoms with van der Waals surface area (Å²) in [4.78, 5) is 59.0. The van der Waals surface area contributed by atoms with Gasteiger partial charge in [0.05, 0.1) is 17.4 Å². The van der Waals surface area contributed by atoms with Gasteiger partial charge in [-0.15, -0.1) is 0 Å². The van der Waals surface area contributed by atoms with E-state index in [0.717, 1.165) is 16.9 Å². The molecule has 1 saturated carbocycles. The van der Waals surface area contributed by atoms with Gasteiger partial charge in [-0.1, -0.05) is 13.0 Å². The Morgan fingerprint density at radius 2 is 1.85 bits per heavy atom. The number of H-pyrrole nitrogens is 1. The number of esters is 1. The van der Waals surface area contributed by atoms with Crippen LogP contribution in [0.25, 0.3) is 0 Å². The van der Waals surface area contributed by atoms with Crippen LogP contribution in [0, 0.1) is 13.8 Å². The minimum atomic E-state index is -0.923. The molecule has 2 unspecified atom stereocenters. The highest BCUT2D eigenvalue weighted by Crippen LogP contribution is 2.30. The molecule has 0 aliphatic heterocycles. The SMILES string of the molecule is CCCNC(=O)c1ccc(C)c(N/C(=N/C(C)N)c2[nH]cc(C(=O)N(C(=O)OCOC(=O)C(C)N)C3CC3)c2C)c1. The van der Waals surface area contributed by atoms with Crippen molar-refractivity contribution < 1.29 is 28.7 Å². The van der Waals surface area contributed by atoms with Crippen LogP contribution in [0.2, 0.25) is 0 Å². The second-order valence-corrected chi connectivity index (χ2v) is 10.0. The van der Waals surface area contributed by atoms with Crippen LogP contribution >= 0.6 is 0 Å². The van der Waals surface area contributed by atoms with E-state index in [1.54, 1.807) is 26.0 Å². The number of aromatic amines is 1. The number of carbonyl (C=O) groups is 4. The summed E-state index contributed by atoms with van der Waals surface area (Å²) >= 11 is 0. The molecule has 1 aliphatic rings. The summed E-state index contributed by atoms with van der Waals surface area (Å²) in [5.74, 6) is -1.14. The van der Waals surface area contributed by atoms with Gasteiger partial charge in [-0.05, 0) is 70.2 Å². The van der Waals surface area contributed by atoms with Crippen LogP contribution in [0.5, 0.6) is 0 Å². The molecule has 3 amide bonds. The first-order valence-electron chi connectivity index (χ1n) is 13.5. The Kier molecular flexibility index (Phi) is 10.6. The van der Waals surface area contributed by atoms with Gasteiger partial charge in [0.15, 0.2) is 5.84 Å². The van der Waals surface area contributed by atoms with Gasteiger partial charge >= 0.3 is 12.1 Å². The molecule has 41 heavy (non-hydrogen) atoms. The topological polar surface area (TPSA) is 194 Å². The Hall–Kier alpha value is -4.23. The normalized spacial score (nSPS) is 14.6. The number of benzene rings is 1. The molecule has 222 valence electrons. The van der Waals surface area contributed by atoms with Crippen molar-refractivity contribution in [3.63, 3.8) is 0 Å². The first kappa shape index (κ1) is 31.3. The van der Waals surface area contributed by atoms with Gasteiger partial charge in [0.1, 0.15) is 6.04 Å². The number of imide groups is 1. The van der Waals surface area contributed by atoms with Crippen molar-refractivity contribution >= 4 is 35.4 Å². The highest BCUT2D eigenvalue weighted by molar-refractivity contribution is 6.12. The fraction of sp³-hybridized carbons (Fsp3) is 0.464. The van der Waals surface area contributed by atoms with E-state index in [1.807, 2.05) is 19.9 Å². The number of nitrogens with two attached hydrogens (primary N) is 2. The fourth-order valence-electron chi connectivity index (χ4n) is 3.89. The van der Waals surface area contributed by atoms with Crippen LogP contribution in [0.4, 0.5) is 10.5 Å². The third-order valence-corrected chi connectivity index (χ3v) is 6.31. The molecule has 2 atom stereocenters. The van der Waals surface area contributed by atoms with Crippen LogP contribution in [-0.2, 0) is 14.3 Å². The van der Waals surface area contributed by atoms with Gasteiger partial charge in [0, 0.05) is 30.0 Å². The maximum atomic E-state index is 13.5. The van der Waals surface area contributed by atoms with Gasteiger partial charge in [0.2, 0.25) is 6.79 Å². The van der Waals surface area contributed by atoms with Gasteiger partial charge < -0.3 is 36.6 Å². The largest absolute Gasteiger partial charge is 0.427 e. The van der Waals surface area contributed by atoms with Gasteiger partial charge in [0.25, 0.3) is 11.8 Å². The Balaban J connectivity index is 1.85. The molecule has 1 aliphatic carbocycles. The molecule has 0 spiro atoms. The quantitative estimate of drug-likeness (QED) is 0.117. The van der Waals surface area contributed by atoms with Crippen molar-refractivity contribution in [2.75, 3.05) is 18.7 Å². The van der Waals surface area contributed by atoms with Crippen LogP contribution in [-0.4, -0.2) is 71.2 Å². The van der Waals surface area contributed by atoms with E-state index in [1.165, 1.54) is 13.1 Å². The van der Waals surface area contributed by atoms with Crippen LogP contribution < -0.4 is 22.1 Å². The van der Waals surface area contributed by atoms with Crippen molar-refractivity contribution in [2.45, 2.75) is 72.1 Å². The number of aromatic nitrogens is 1. The van der Waals surface area contributed by atoms with E-state index < -0.39 is 37.0 Å². The average molecular weight is 570 g/mol. The second-order valence-electron chi connectivity index (χ2n) is 10.0. The molecule has 1 heterocycles. The maximum absolute atomic E-state index is 13.5. The standard InChI is InChI=1S/C28H39N7O6/c1-6-11-31-25(36)19-8-7-15(2)22(12-19)34-24(33-18(5)30)23-16(3)21(13-32-23)26(37)35(20-9-10-20)28(39)41-14-40-27(38)17(4)29/h7-8,12-13,17-18,20,32H,6,9-11,14,29-30H2,1-5H3,(H,31,36)(H,33,34). The molecule has 2 aromatic rings. The van der Waals surface area contributed by atoms with Gasteiger partial charge in [-0.2, -0.15) is 0 Å². The number of anilines is 1. The lowest BCUT2D eigenvalue weighted by Crippen LogP contribution is -2.40. The number of aryl methyl sites for hydroxylation is 1. The Morgan fingerprint density at radius 3 is 2.46 bits per heavy atom. The molecule has 7 N–H and O–H groups in total. The number of carbonyl (C=O) groups excluding carboxylic acids is 4. The van der Waals surface area contributed by atoms with Gasteiger partial charge in [-0.3, -0.25) is 14.4 Å². The molecular formula is C28H39N7O6.